The van der Waals surface area contributed by atoms with Gasteiger partial charge in [0.1, 0.15) is 0 Å². The number of amides is 2. The molecule has 1 aromatic rings. The van der Waals surface area contributed by atoms with E-state index in [0.717, 1.165) is 51.1 Å². The van der Waals surface area contributed by atoms with E-state index in [1.807, 2.05) is 36.1 Å². The molecule has 1 aromatic carbocycles. The number of anilines is 1. The van der Waals surface area contributed by atoms with Crippen LogP contribution in [0.3, 0.4) is 0 Å². The van der Waals surface area contributed by atoms with E-state index in [2.05, 4.69) is 10.2 Å². The van der Waals surface area contributed by atoms with Gasteiger partial charge in [0.05, 0.1) is 6.54 Å². The summed E-state index contributed by atoms with van der Waals surface area (Å²) in [6, 6.07) is 7.83. The summed E-state index contributed by atoms with van der Waals surface area (Å²) in [6.45, 7) is 5.63. The summed E-state index contributed by atoms with van der Waals surface area (Å²) in [5.74, 6) is 0.603. The number of nitrogens with one attached hydrogen (secondary N) is 1. The van der Waals surface area contributed by atoms with Crippen LogP contribution in [0.5, 0.6) is 0 Å². The second-order valence-electron chi connectivity index (χ2n) is 7.00. The molecule has 1 N–H and O–H groups in total. The van der Waals surface area contributed by atoms with Crippen LogP contribution in [0.15, 0.2) is 24.3 Å². The molecule has 1 heterocycles. The highest BCUT2D eigenvalue weighted by molar-refractivity contribution is 5.92. The van der Waals surface area contributed by atoms with Gasteiger partial charge in [0.15, 0.2) is 0 Å². The Morgan fingerprint density at radius 3 is 2.46 bits per heavy atom. The zero-order chi connectivity index (χ0) is 16.9. The zero-order valence-corrected chi connectivity index (χ0v) is 14.5. The van der Waals surface area contributed by atoms with Gasteiger partial charge in [-0.15, -0.1) is 0 Å². The number of carbonyl (C=O) groups is 2. The molecule has 3 rings (SSSR count). The molecule has 1 saturated carbocycles. The van der Waals surface area contributed by atoms with Crippen molar-refractivity contribution in [3.8, 4) is 0 Å². The Morgan fingerprint density at radius 2 is 1.79 bits per heavy atom. The SMILES string of the molecule is Cc1ccc(NC(=O)CN2CCCN(C(=O)C3CCC3)CC2)cc1. The van der Waals surface area contributed by atoms with Gasteiger partial charge in [0.2, 0.25) is 11.8 Å². The van der Waals surface area contributed by atoms with Gasteiger partial charge in [-0.2, -0.15) is 0 Å². The number of hydrogen-bond acceptors (Lipinski definition) is 3. The first-order valence-corrected chi connectivity index (χ1v) is 8.99. The molecule has 5 nitrogen and oxygen atoms in total. The molecule has 2 amide bonds. The number of nitrogens with zero attached hydrogens (tertiary/aromatic N) is 2. The molecule has 0 radical (unpaired) electrons. The third-order valence-electron chi connectivity index (χ3n) is 5.06. The lowest BCUT2D eigenvalue weighted by Crippen LogP contribution is -2.41. The zero-order valence-electron chi connectivity index (χ0n) is 14.5. The predicted molar refractivity (Wildman–Crippen MR) is 94.8 cm³/mol. The average molecular weight is 329 g/mol. The average Bonchev–Trinajstić information content (AvgIpc) is 2.73. The minimum Gasteiger partial charge on any atom is -0.341 e. The second-order valence-corrected chi connectivity index (χ2v) is 7.00. The summed E-state index contributed by atoms with van der Waals surface area (Å²) < 4.78 is 0. The second kappa shape index (κ2) is 7.79. The molecule has 2 aliphatic rings. The number of carbonyl (C=O) groups excluding carboxylic acids is 2. The lowest BCUT2D eigenvalue weighted by atomic mass is 9.84. The van der Waals surface area contributed by atoms with Crippen molar-refractivity contribution >= 4 is 17.5 Å². The van der Waals surface area contributed by atoms with Gasteiger partial charge in [-0.3, -0.25) is 14.5 Å². The van der Waals surface area contributed by atoms with Crippen molar-refractivity contribution in [2.75, 3.05) is 38.0 Å². The Hall–Kier alpha value is -1.88. The monoisotopic (exact) mass is 329 g/mol. The first-order chi connectivity index (χ1) is 11.6. The fraction of sp³-hybridized carbons (Fsp3) is 0.579. The smallest absolute Gasteiger partial charge is 0.238 e. The van der Waals surface area contributed by atoms with Crippen molar-refractivity contribution in [1.82, 2.24) is 9.80 Å². The minimum atomic E-state index is 0.0117. The number of aryl methyl sites for hydroxylation is 1. The van der Waals surface area contributed by atoms with E-state index in [1.54, 1.807) is 0 Å². The first-order valence-electron chi connectivity index (χ1n) is 8.99. The molecule has 1 aliphatic carbocycles. The maximum absolute atomic E-state index is 12.4. The number of benzene rings is 1. The molecule has 0 bridgehead atoms. The highest BCUT2D eigenvalue weighted by Gasteiger charge is 2.30. The molecular weight excluding hydrogens is 302 g/mol. The number of rotatable bonds is 4. The van der Waals surface area contributed by atoms with E-state index in [1.165, 1.54) is 12.0 Å². The molecule has 1 saturated heterocycles. The lowest BCUT2D eigenvalue weighted by molar-refractivity contribution is -0.138. The van der Waals surface area contributed by atoms with Gasteiger partial charge in [-0.1, -0.05) is 24.1 Å². The molecule has 0 spiro atoms. The first kappa shape index (κ1) is 17.0. The fourth-order valence-electron chi connectivity index (χ4n) is 3.30. The van der Waals surface area contributed by atoms with E-state index in [4.69, 9.17) is 0 Å². The summed E-state index contributed by atoms with van der Waals surface area (Å²) in [7, 11) is 0. The summed E-state index contributed by atoms with van der Waals surface area (Å²) in [5, 5.41) is 2.95. The van der Waals surface area contributed by atoms with Gasteiger partial charge in [0, 0.05) is 37.8 Å². The van der Waals surface area contributed by atoms with Gasteiger partial charge in [-0.25, -0.2) is 0 Å². The molecular formula is C19H27N3O2. The summed E-state index contributed by atoms with van der Waals surface area (Å²) >= 11 is 0. The van der Waals surface area contributed by atoms with Crippen LogP contribution in [-0.2, 0) is 9.59 Å². The van der Waals surface area contributed by atoms with Gasteiger partial charge in [-0.05, 0) is 38.3 Å². The van der Waals surface area contributed by atoms with E-state index < -0.39 is 0 Å². The topological polar surface area (TPSA) is 52.7 Å². The molecule has 130 valence electrons. The molecule has 0 unspecified atom stereocenters. The molecule has 1 aliphatic heterocycles. The van der Waals surface area contributed by atoms with Crippen molar-refractivity contribution in [2.45, 2.75) is 32.6 Å². The van der Waals surface area contributed by atoms with Gasteiger partial charge >= 0.3 is 0 Å². The summed E-state index contributed by atoms with van der Waals surface area (Å²) in [4.78, 5) is 28.7. The van der Waals surface area contributed by atoms with Crippen LogP contribution in [0.2, 0.25) is 0 Å². The van der Waals surface area contributed by atoms with Gasteiger partial charge < -0.3 is 10.2 Å². The molecule has 0 aromatic heterocycles. The predicted octanol–water partition coefficient (Wildman–Crippen LogP) is 2.27. The Labute approximate surface area is 144 Å². The van der Waals surface area contributed by atoms with Crippen molar-refractivity contribution < 1.29 is 9.59 Å². The minimum absolute atomic E-state index is 0.0117. The Morgan fingerprint density at radius 1 is 1.04 bits per heavy atom. The van der Waals surface area contributed by atoms with Crippen molar-refractivity contribution in [1.29, 1.82) is 0 Å². The van der Waals surface area contributed by atoms with E-state index in [-0.39, 0.29) is 11.8 Å². The standard InChI is InChI=1S/C19H27N3O2/c1-15-6-8-17(9-7-15)20-18(23)14-21-10-3-11-22(13-12-21)19(24)16-4-2-5-16/h6-9,16H,2-5,10-14H2,1H3,(H,20,23). The van der Waals surface area contributed by atoms with Crippen LogP contribution in [0.1, 0.15) is 31.2 Å². The Bertz CT molecular complexity index is 581. The third-order valence-corrected chi connectivity index (χ3v) is 5.06. The highest BCUT2D eigenvalue weighted by atomic mass is 16.2. The highest BCUT2D eigenvalue weighted by Crippen LogP contribution is 2.28. The van der Waals surface area contributed by atoms with Crippen molar-refractivity contribution in [3.63, 3.8) is 0 Å². The van der Waals surface area contributed by atoms with Crippen LogP contribution in [0, 0.1) is 12.8 Å². The molecule has 2 fully saturated rings. The van der Waals surface area contributed by atoms with E-state index >= 15 is 0 Å². The van der Waals surface area contributed by atoms with Crippen molar-refractivity contribution in [3.05, 3.63) is 29.8 Å². The molecule has 5 heteroatoms. The van der Waals surface area contributed by atoms with Crippen molar-refractivity contribution in [2.24, 2.45) is 5.92 Å². The fourth-order valence-corrected chi connectivity index (χ4v) is 3.30. The van der Waals surface area contributed by atoms with Crippen LogP contribution in [0.4, 0.5) is 5.69 Å². The Balaban J connectivity index is 1.46. The summed E-state index contributed by atoms with van der Waals surface area (Å²) in [6.07, 6.45) is 4.24. The maximum atomic E-state index is 12.4. The molecule has 24 heavy (non-hydrogen) atoms. The maximum Gasteiger partial charge on any atom is 0.238 e. The summed E-state index contributed by atoms with van der Waals surface area (Å²) in [5.41, 5.74) is 2.01. The Kier molecular flexibility index (Phi) is 5.51. The quantitative estimate of drug-likeness (QED) is 0.922. The van der Waals surface area contributed by atoms with Crippen LogP contribution < -0.4 is 5.32 Å². The van der Waals surface area contributed by atoms with Gasteiger partial charge in [0.25, 0.3) is 0 Å². The largest absolute Gasteiger partial charge is 0.341 e. The lowest BCUT2D eigenvalue weighted by Gasteiger charge is -2.31. The number of hydrogen-bond donors (Lipinski definition) is 1. The normalized spacial score (nSPS) is 19.5. The van der Waals surface area contributed by atoms with Crippen LogP contribution in [0.25, 0.3) is 0 Å². The molecule has 0 atom stereocenters. The third kappa shape index (κ3) is 4.35. The van der Waals surface area contributed by atoms with Crippen LogP contribution >= 0.6 is 0 Å². The van der Waals surface area contributed by atoms with Crippen LogP contribution in [-0.4, -0.2) is 54.3 Å². The van der Waals surface area contributed by atoms with E-state index in [0.29, 0.717) is 12.5 Å². The van der Waals surface area contributed by atoms with E-state index in [9.17, 15) is 9.59 Å².